The molecule has 6 heteroatoms. The predicted octanol–water partition coefficient (Wildman–Crippen LogP) is 2.86. The van der Waals surface area contributed by atoms with Crippen LogP contribution in [0.5, 0.6) is 5.75 Å². The second-order valence-corrected chi connectivity index (χ2v) is 7.34. The van der Waals surface area contributed by atoms with Gasteiger partial charge in [0.2, 0.25) is 0 Å². The average molecular weight is 333 g/mol. The Morgan fingerprint density at radius 2 is 1.92 bits per heavy atom. The number of hydrogen-bond acceptors (Lipinski definition) is 5. The van der Waals surface area contributed by atoms with Gasteiger partial charge in [0.15, 0.2) is 5.75 Å². The smallest absolute Gasteiger partial charge is 0.410 e. The molecule has 2 aliphatic rings. The molecule has 0 radical (unpaired) electrons. The van der Waals surface area contributed by atoms with Crippen LogP contribution in [0.3, 0.4) is 0 Å². The van der Waals surface area contributed by atoms with Gasteiger partial charge >= 0.3 is 6.09 Å². The van der Waals surface area contributed by atoms with Gasteiger partial charge < -0.3 is 24.6 Å². The van der Waals surface area contributed by atoms with Crippen molar-refractivity contribution in [2.75, 3.05) is 49.5 Å². The van der Waals surface area contributed by atoms with Crippen molar-refractivity contribution in [1.29, 1.82) is 0 Å². The van der Waals surface area contributed by atoms with E-state index in [0.29, 0.717) is 19.7 Å². The number of ether oxygens (including phenoxy) is 2. The third-order valence-corrected chi connectivity index (χ3v) is 4.27. The Kier molecular flexibility index (Phi) is 4.47. The molecule has 1 aromatic rings. The molecule has 0 saturated carbocycles. The molecule has 132 valence electrons. The quantitative estimate of drug-likeness (QED) is 0.856. The number of piperazine rings is 1. The Hall–Kier alpha value is -2.11. The molecule has 0 aliphatic carbocycles. The van der Waals surface area contributed by atoms with E-state index in [1.54, 1.807) is 4.90 Å². The Morgan fingerprint density at radius 1 is 1.21 bits per heavy atom. The van der Waals surface area contributed by atoms with Gasteiger partial charge in [0.25, 0.3) is 0 Å². The van der Waals surface area contributed by atoms with Gasteiger partial charge in [0.05, 0.1) is 11.4 Å². The Balaban J connectivity index is 1.68. The Bertz CT molecular complexity index is 617. The summed E-state index contributed by atoms with van der Waals surface area (Å²) in [5, 5.41) is 3.43. The molecular formula is C18H27N3O3. The molecule has 24 heavy (non-hydrogen) atoms. The third-order valence-electron chi connectivity index (χ3n) is 4.27. The first-order valence-electron chi connectivity index (χ1n) is 8.58. The van der Waals surface area contributed by atoms with E-state index in [-0.39, 0.29) is 6.09 Å². The molecule has 6 nitrogen and oxygen atoms in total. The number of carbonyl (C=O) groups excluding carboxylic acids is 1. The molecule has 0 spiro atoms. The molecule has 1 amide bonds. The highest BCUT2D eigenvalue weighted by atomic mass is 16.6. The summed E-state index contributed by atoms with van der Waals surface area (Å²) in [6.07, 6.45) is -0.231. The van der Waals surface area contributed by atoms with E-state index in [1.165, 1.54) is 5.56 Å². The lowest BCUT2D eigenvalue weighted by molar-refractivity contribution is 0.0240. The lowest BCUT2D eigenvalue weighted by Crippen LogP contribution is -2.50. The molecule has 2 aliphatic heterocycles. The van der Waals surface area contributed by atoms with Gasteiger partial charge in [-0.2, -0.15) is 0 Å². The fraction of sp³-hybridized carbons (Fsp3) is 0.611. The summed E-state index contributed by atoms with van der Waals surface area (Å²) >= 11 is 0. The molecule has 1 fully saturated rings. The molecule has 1 saturated heterocycles. The number of anilines is 2. The average Bonchev–Trinajstić information content (AvgIpc) is 2.54. The first kappa shape index (κ1) is 16.7. The summed E-state index contributed by atoms with van der Waals surface area (Å²) in [6, 6.07) is 4.24. The van der Waals surface area contributed by atoms with Crippen LogP contribution in [-0.2, 0) is 4.74 Å². The highest BCUT2D eigenvalue weighted by molar-refractivity contribution is 5.76. The van der Waals surface area contributed by atoms with Crippen LogP contribution < -0.4 is 15.0 Å². The van der Waals surface area contributed by atoms with E-state index >= 15 is 0 Å². The van der Waals surface area contributed by atoms with Crippen molar-refractivity contribution in [3.63, 3.8) is 0 Å². The monoisotopic (exact) mass is 333 g/mol. The van der Waals surface area contributed by atoms with Crippen LogP contribution >= 0.6 is 0 Å². The maximum Gasteiger partial charge on any atom is 0.410 e. The topological polar surface area (TPSA) is 54.0 Å². The molecule has 0 unspecified atom stereocenters. The van der Waals surface area contributed by atoms with E-state index in [4.69, 9.17) is 9.47 Å². The molecule has 3 rings (SSSR count). The zero-order valence-electron chi connectivity index (χ0n) is 15.0. The number of carbonyl (C=O) groups is 1. The van der Waals surface area contributed by atoms with E-state index in [9.17, 15) is 4.79 Å². The van der Waals surface area contributed by atoms with Gasteiger partial charge in [0, 0.05) is 32.7 Å². The largest absolute Gasteiger partial charge is 0.487 e. The summed E-state index contributed by atoms with van der Waals surface area (Å²) in [6.45, 7) is 12.2. The van der Waals surface area contributed by atoms with Crippen LogP contribution in [0.4, 0.5) is 16.2 Å². The van der Waals surface area contributed by atoms with E-state index in [2.05, 4.69) is 29.3 Å². The number of rotatable bonds is 1. The lowest BCUT2D eigenvalue weighted by atomic mass is 10.1. The zero-order chi connectivity index (χ0) is 17.3. The second-order valence-electron chi connectivity index (χ2n) is 7.34. The van der Waals surface area contributed by atoms with Crippen LogP contribution in [-0.4, -0.2) is 55.9 Å². The van der Waals surface area contributed by atoms with E-state index < -0.39 is 5.60 Å². The van der Waals surface area contributed by atoms with Gasteiger partial charge in [-0.1, -0.05) is 6.07 Å². The van der Waals surface area contributed by atoms with E-state index in [1.807, 2.05) is 20.8 Å². The maximum absolute atomic E-state index is 12.2. The van der Waals surface area contributed by atoms with Crippen molar-refractivity contribution >= 4 is 17.5 Å². The molecular weight excluding hydrogens is 306 g/mol. The first-order valence-corrected chi connectivity index (χ1v) is 8.58. The van der Waals surface area contributed by atoms with Crippen molar-refractivity contribution in [3.05, 3.63) is 17.7 Å². The van der Waals surface area contributed by atoms with Crippen LogP contribution in [0, 0.1) is 6.92 Å². The second kappa shape index (κ2) is 6.42. The van der Waals surface area contributed by atoms with Gasteiger partial charge in [-0.25, -0.2) is 4.79 Å². The Morgan fingerprint density at radius 3 is 2.58 bits per heavy atom. The molecule has 1 N–H and O–H groups in total. The molecule has 0 bridgehead atoms. The first-order chi connectivity index (χ1) is 11.3. The molecule has 0 atom stereocenters. The molecule has 0 aromatic heterocycles. The normalized spacial score (nSPS) is 17.7. The fourth-order valence-corrected chi connectivity index (χ4v) is 3.07. The zero-order valence-corrected chi connectivity index (χ0v) is 15.0. The van der Waals surface area contributed by atoms with Gasteiger partial charge in [-0.3, -0.25) is 0 Å². The number of aryl methyl sites for hydroxylation is 1. The van der Waals surface area contributed by atoms with Gasteiger partial charge in [-0.05, 0) is 39.3 Å². The SMILES string of the molecule is Cc1ccc(N2CCN(C(=O)OC(C)(C)C)CC2)c2c1NCCO2. The maximum atomic E-state index is 12.2. The summed E-state index contributed by atoms with van der Waals surface area (Å²) in [5.74, 6) is 0.937. The Labute approximate surface area is 143 Å². The third kappa shape index (κ3) is 3.52. The van der Waals surface area contributed by atoms with Crippen molar-refractivity contribution in [2.45, 2.75) is 33.3 Å². The molecule has 2 heterocycles. The summed E-state index contributed by atoms with van der Waals surface area (Å²) in [4.78, 5) is 16.2. The number of benzene rings is 1. The highest BCUT2D eigenvalue weighted by Gasteiger charge is 2.28. The van der Waals surface area contributed by atoms with Crippen molar-refractivity contribution in [1.82, 2.24) is 4.90 Å². The molecule has 1 aromatic carbocycles. The lowest BCUT2D eigenvalue weighted by Gasteiger charge is -2.38. The number of fused-ring (bicyclic) bond motifs is 1. The number of nitrogens with zero attached hydrogens (tertiary/aromatic N) is 2. The standard InChI is InChI=1S/C18H27N3O3/c1-13-5-6-14(16-15(13)19-7-12-23-16)20-8-10-21(11-9-20)17(22)24-18(2,3)4/h5-6,19H,7-12H2,1-4H3. The van der Waals surface area contributed by atoms with Crippen molar-refractivity contribution in [2.24, 2.45) is 0 Å². The van der Waals surface area contributed by atoms with Crippen LogP contribution in [0.1, 0.15) is 26.3 Å². The summed E-state index contributed by atoms with van der Waals surface area (Å²) in [7, 11) is 0. The predicted molar refractivity (Wildman–Crippen MR) is 95.2 cm³/mol. The number of hydrogen-bond donors (Lipinski definition) is 1. The fourth-order valence-electron chi connectivity index (χ4n) is 3.07. The minimum absolute atomic E-state index is 0.231. The van der Waals surface area contributed by atoms with Crippen molar-refractivity contribution < 1.29 is 14.3 Å². The van der Waals surface area contributed by atoms with E-state index in [0.717, 1.165) is 36.8 Å². The number of nitrogens with one attached hydrogen (secondary N) is 1. The minimum Gasteiger partial charge on any atom is -0.487 e. The van der Waals surface area contributed by atoms with Crippen LogP contribution in [0.25, 0.3) is 0 Å². The van der Waals surface area contributed by atoms with Gasteiger partial charge in [0.1, 0.15) is 12.2 Å². The van der Waals surface area contributed by atoms with Crippen LogP contribution in [0.2, 0.25) is 0 Å². The number of amides is 1. The minimum atomic E-state index is -0.455. The van der Waals surface area contributed by atoms with Crippen LogP contribution in [0.15, 0.2) is 12.1 Å². The summed E-state index contributed by atoms with van der Waals surface area (Å²) in [5.41, 5.74) is 2.94. The highest BCUT2D eigenvalue weighted by Crippen LogP contribution is 2.40. The summed E-state index contributed by atoms with van der Waals surface area (Å²) < 4.78 is 11.4. The van der Waals surface area contributed by atoms with Gasteiger partial charge in [-0.15, -0.1) is 0 Å². The van der Waals surface area contributed by atoms with Crippen molar-refractivity contribution in [3.8, 4) is 5.75 Å².